The summed E-state index contributed by atoms with van der Waals surface area (Å²) in [6.45, 7) is 4.92. The lowest BCUT2D eigenvalue weighted by Crippen LogP contribution is -2.56. The van der Waals surface area contributed by atoms with Crippen molar-refractivity contribution in [2.45, 2.75) is 12.6 Å². The molecule has 5 rings (SSSR count). The highest BCUT2D eigenvalue weighted by Crippen LogP contribution is 2.18. The van der Waals surface area contributed by atoms with Crippen molar-refractivity contribution < 1.29 is 14.3 Å². The molecule has 0 bridgehead atoms. The minimum absolute atomic E-state index is 0.0174. The van der Waals surface area contributed by atoms with Gasteiger partial charge in [-0.1, -0.05) is 48.5 Å². The Balaban J connectivity index is 1.16. The van der Waals surface area contributed by atoms with Crippen LogP contribution in [0.2, 0.25) is 0 Å². The van der Waals surface area contributed by atoms with Crippen LogP contribution in [-0.2, 0) is 16.1 Å². The average Bonchev–Trinajstić information content (AvgIpc) is 3.28. The molecule has 2 aliphatic rings. The Morgan fingerprint density at radius 2 is 1.62 bits per heavy atom. The van der Waals surface area contributed by atoms with Crippen LogP contribution in [0.4, 0.5) is 0 Å². The molecule has 7 heteroatoms. The lowest BCUT2D eigenvalue weighted by Gasteiger charge is -2.38. The average molecular weight is 433 g/mol. The van der Waals surface area contributed by atoms with Crippen molar-refractivity contribution in [1.29, 1.82) is 0 Å². The van der Waals surface area contributed by atoms with Crippen LogP contribution in [-0.4, -0.2) is 83.5 Å². The van der Waals surface area contributed by atoms with Crippen LogP contribution in [0, 0.1) is 0 Å². The number of H-pyrrole nitrogens is 1. The molecule has 7 nitrogen and oxygen atoms in total. The minimum atomic E-state index is -0.441. The summed E-state index contributed by atoms with van der Waals surface area (Å²) in [5, 5.41) is 1.03. The Morgan fingerprint density at radius 3 is 2.41 bits per heavy atom. The second-order valence-electron chi connectivity index (χ2n) is 8.47. The van der Waals surface area contributed by atoms with E-state index < -0.39 is 6.10 Å². The molecule has 1 N–H and O–H groups in total. The number of amides is 2. The van der Waals surface area contributed by atoms with Gasteiger partial charge in [0.05, 0.1) is 6.61 Å². The number of aromatic nitrogens is 1. The number of para-hydroxylation sites is 1. The predicted octanol–water partition coefficient (Wildman–Crippen LogP) is 2.35. The third kappa shape index (κ3) is 4.40. The zero-order chi connectivity index (χ0) is 21.9. The first-order valence-corrected chi connectivity index (χ1v) is 11.2. The quantitative estimate of drug-likeness (QED) is 0.687. The summed E-state index contributed by atoms with van der Waals surface area (Å²) >= 11 is 0. The number of ether oxygens (including phenoxy) is 1. The van der Waals surface area contributed by atoms with E-state index in [-0.39, 0.29) is 11.8 Å². The van der Waals surface area contributed by atoms with Crippen LogP contribution in [0.1, 0.15) is 16.1 Å². The third-order valence-electron chi connectivity index (χ3n) is 6.31. The topological polar surface area (TPSA) is 68.9 Å². The van der Waals surface area contributed by atoms with Gasteiger partial charge in [0.2, 0.25) is 0 Å². The van der Waals surface area contributed by atoms with E-state index in [0.717, 1.165) is 24.0 Å². The molecule has 32 heavy (non-hydrogen) atoms. The number of nitrogens with zero attached hydrogens (tertiary/aromatic N) is 3. The number of fused-ring (bicyclic) bond motifs is 1. The van der Waals surface area contributed by atoms with Crippen LogP contribution >= 0.6 is 0 Å². The molecular formula is C25H28N4O3. The van der Waals surface area contributed by atoms with Crippen molar-refractivity contribution >= 4 is 22.7 Å². The lowest BCUT2D eigenvalue weighted by atomic mass is 10.1. The standard InChI is InChI=1S/C25H28N4O3/c30-24(22-16-20-8-4-5-9-21(20)26-22)28-10-12-29(13-11-28)25(31)23-18-27(14-15-32-23)17-19-6-2-1-3-7-19/h1-9,16,23,26H,10-15,17-18H2. The molecular weight excluding hydrogens is 404 g/mol. The number of piperazine rings is 1. The number of carbonyl (C=O) groups is 2. The minimum Gasteiger partial charge on any atom is -0.366 e. The van der Waals surface area contributed by atoms with Gasteiger partial charge in [-0.3, -0.25) is 14.5 Å². The molecule has 2 saturated heterocycles. The fourth-order valence-electron chi connectivity index (χ4n) is 4.53. The Kier molecular flexibility index (Phi) is 5.92. The number of hydrogen-bond acceptors (Lipinski definition) is 4. The van der Waals surface area contributed by atoms with E-state index in [1.165, 1.54) is 5.56 Å². The van der Waals surface area contributed by atoms with Crippen molar-refractivity contribution in [1.82, 2.24) is 19.7 Å². The molecule has 2 aliphatic heterocycles. The summed E-state index contributed by atoms with van der Waals surface area (Å²) in [5.74, 6) is 0.0109. The number of benzene rings is 2. The normalized spacial score (nSPS) is 19.9. The molecule has 0 saturated carbocycles. The van der Waals surface area contributed by atoms with Gasteiger partial charge in [-0.05, 0) is 17.7 Å². The number of morpholine rings is 1. The monoisotopic (exact) mass is 432 g/mol. The zero-order valence-electron chi connectivity index (χ0n) is 18.1. The highest BCUT2D eigenvalue weighted by atomic mass is 16.5. The largest absolute Gasteiger partial charge is 0.366 e. The lowest BCUT2D eigenvalue weighted by molar-refractivity contribution is -0.151. The summed E-state index contributed by atoms with van der Waals surface area (Å²) < 4.78 is 5.82. The molecule has 166 valence electrons. The summed E-state index contributed by atoms with van der Waals surface area (Å²) in [6.07, 6.45) is -0.441. The molecule has 2 fully saturated rings. The van der Waals surface area contributed by atoms with Gasteiger partial charge in [-0.2, -0.15) is 0 Å². The van der Waals surface area contributed by atoms with Crippen molar-refractivity contribution in [2.24, 2.45) is 0 Å². The van der Waals surface area contributed by atoms with E-state index in [1.807, 2.05) is 58.3 Å². The maximum Gasteiger partial charge on any atom is 0.270 e. The second kappa shape index (κ2) is 9.14. The second-order valence-corrected chi connectivity index (χ2v) is 8.47. The number of rotatable bonds is 4. The van der Waals surface area contributed by atoms with E-state index in [9.17, 15) is 9.59 Å². The molecule has 3 aromatic rings. The molecule has 0 aliphatic carbocycles. The van der Waals surface area contributed by atoms with Crippen LogP contribution < -0.4 is 0 Å². The van der Waals surface area contributed by atoms with Gasteiger partial charge in [-0.25, -0.2) is 0 Å². The van der Waals surface area contributed by atoms with E-state index in [1.54, 1.807) is 0 Å². The van der Waals surface area contributed by atoms with Gasteiger partial charge in [0.25, 0.3) is 11.8 Å². The van der Waals surface area contributed by atoms with Gasteiger partial charge < -0.3 is 19.5 Å². The smallest absolute Gasteiger partial charge is 0.270 e. The molecule has 0 radical (unpaired) electrons. The Hall–Kier alpha value is -3.16. The van der Waals surface area contributed by atoms with Crippen molar-refractivity contribution in [2.75, 3.05) is 45.9 Å². The maximum absolute atomic E-state index is 13.1. The summed E-state index contributed by atoms with van der Waals surface area (Å²) in [4.78, 5) is 35.1. The molecule has 0 spiro atoms. The van der Waals surface area contributed by atoms with Crippen molar-refractivity contribution in [3.63, 3.8) is 0 Å². The van der Waals surface area contributed by atoms with Gasteiger partial charge in [-0.15, -0.1) is 0 Å². The molecule has 2 amide bonds. The fourth-order valence-corrected chi connectivity index (χ4v) is 4.53. The molecule has 3 heterocycles. The van der Waals surface area contributed by atoms with Crippen molar-refractivity contribution in [3.05, 3.63) is 71.9 Å². The number of hydrogen-bond donors (Lipinski definition) is 1. The number of aromatic amines is 1. The van der Waals surface area contributed by atoms with Gasteiger partial charge in [0, 0.05) is 56.7 Å². The first-order chi connectivity index (χ1) is 15.7. The zero-order valence-corrected chi connectivity index (χ0v) is 18.1. The van der Waals surface area contributed by atoms with E-state index in [2.05, 4.69) is 22.0 Å². The molecule has 2 aromatic carbocycles. The Labute approximate surface area is 187 Å². The van der Waals surface area contributed by atoms with Crippen LogP contribution in [0.5, 0.6) is 0 Å². The molecule has 1 unspecified atom stereocenters. The third-order valence-corrected chi connectivity index (χ3v) is 6.31. The van der Waals surface area contributed by atoms with E-state index in [4.69, 9.17) is 4.74 Å². The highest BCUT2D eigenvalue weighted by molar-refractivity contribution is 5.98. The number of nitrogens with one attached hydrogen (secondary N) is 1. The van der Waals surface area contributed by atoms with Crippen LogP contribution in [0.25, 0.3) is 10.9 Å². The van der Waals surface area contributed by atoms with Gasteiger partial charge >= 0.3 is 0 Å². The summed E-state index contributed by atoms with van der Waals surface area (Å²) in [6, 6.07) is 20.1. The summed E-state index contributed by atoms with van der Waals surface area (Å²) in [5.41, 5.74) is 2.79. The van der Waals surface area contributed by atoms with Crippen LogP contribution in [0.15, 0.2) is 60.7 Å². The Morgan fingerprint density at radius 1 is 0.906 bits per heavy atom. The first-order valence-electron chi connectivity index (χ1n) is 11.2. The predicted molar refractivity (Wildman–Crippen MR) is 122 cm³/mol. The Bertz CT molecular complexity index is 1060. The van der Waals surface area contributed by atoms with E-state index >= 15 is 0 Å². The SMILES string of the molecule is O=C(c1cc2ccccc2[nH]1)N1CCN(C(=O)C2CN(Cc3ccccc3)CCO2)CC1. The van der Waals surface area contributed by atoms with Crippen molar-refractivity contribution in [3.8, 4) is 0 Å². The fraction of sp³-hybridized carbons (Fsp3) is 0.360. The van der Waals surface area contributed by atoms with E-state index in [0.29, 0.717) is 45.0 Å². The highest BCUT2D eigenvalue weighted by Gasteiger charge is 2.33. The van der Waals surface area contributed by atoms with Gasteiger partial charge in [0.1, 0.15) is 11.8 Å². The molecule has 1 aromatic heterocycles. The first kappa shape index (κ1) is 20.7. The number of carbonyl (C=O) groups excluding carboxylic acids is 2. The summed E-state index contributed by atoms with van der Waals surface area (Å²) in [7, 11) is 0. The van der Waals surface area contributed by atoms with Gasteiger partial charge in [0.15, 0.2) is 0 Å². The maximum atomic E-state index is 13.1. The molecule has 1 atom stereocenters. The van der Waals surface area contributed by atoms with Crippen LogP contribution in [0.3, 0.4) is 0 Å².